The Hall–Kier alpha value is -3.91. The zero-order chi connectivity index (χ0) is 20.8. The molecular formula is C23H18FN7. The maximum atomic E-state index is 13.4. The zero-order valence-corrected chi connectivity index (χ0v) is 16.5. The summed E-state index contributed by atoms with van der Waals surface area (Å²) in [6.07, 6.45) is 4.84. The van der Waals surface area contributed by atoms with Gasteiger partial charge >= 0.3 is 0 Å². The lowest BCUT2D eigenvalue weighted by molar-refractivity contribution is 0.628. The number of nitrogens with one attached hydrogen (secondary N) is 3. The SMILES string of the molecule is Fc1ccc(-c2ccnc3[nH]c(-c4n[nH]c5ccc(C6=CCNCC6)nc45)nc23)cc1. The predicted molar refractivity (Wildman–Crippen MR) is 118 cm³/mol. The van der Waals surface area contributed by atoms with Gasteiger partial charge in [0, 0.05) is 18.3 Å². The number of aromatic nitrogens is 6. The molecule has 152 valence electrons. The third-order valence-electron chi connectivity index (χ3n) is 5.56. The number of imidazole rings is 1. The lowest BCUT2D eigenvalue weighted by Gasteiger charge is -2.13. The summed E-state index contributed by atoms with van der Waals surface area (Å²) < 4.78 is 13.4. The average Bonchev–Trinajstić information content (AvgIpc) is 3.43. The Labute approximate surface area is 176 Å². The van der Waals surface area contributed by atoms with E-state index in [1.165, 1.54) is 17.7 Å². The van der Waals surface area contributed by atoms with Crippen LogP contribution >= 0.6 is 0 Å². The number of nitrogens with zero attached hydrogens (tertiary/aromatic N) is 4. The maximum Gasteiger partial charge on any atom is 0.162 e. The Bertz CT molecular complexity index is 1450. The molecule has 0 fully saturated rings. The Kier molecular flexibility index (Phi) is 4.10. The molecule has 0 radical (unpaired) electrons. The maximum absolute atomic E-state index is 13.4. The van der Waals surface area contributed by atoms with Crippen molar-refractivity contribution >= 4 is 27.8 Å². The summed E-state index contributed by atoms with van der Waals surface area (Å²) in [4.78, 5) is 17.4. The molecule has 7 nitrogen and oxygen atoms in total. The van der Waals surface area contributed by atoms with Crippen molar-refractivity contribution in [2.24, 2.45) is 0 Å². The van der Waals surface area contributed by atoms with E-state index in [-0.39, 0.29) is 5.82 Å². The van der Waals surface area contributed by atoms with Crippen LogP contribution in [0.1, 0.15) is 12.1 Å². The second-order valence-electron chi connectivity index (χ2n) is 7.50. The Morgan fingerprint density at radius 3 is 2.68 bits per heavy atom. The van der Waals surface area contributed by atoms with Gasteiger partial charge in [-0.05, 0) is 54.4 Å². The highest BCUT2D eigenvalue weighted by atomic mass is 19.1. The van der Waals surface area contributed by atoms with E-state index in [0.717, 1.165) is 47.4 Å². The van der Waals surface area contributed by atoms with Crippen molar-refractivity contribution in [3.8, 4) is 22.6 Å². The quantitative estimate of drug-likeness (QED) is 0.416. The summed E-state index contributed by atoms with van der Waals surface area (Å²) in [7, 11) is 0. The van der Waals surface area contributed by atoms with Crippen LogP contribution in [0.2, 0.25) is 0 Å². The smallest absolute Gasteiger partial charge is 0.162 e. The number of fused-ring (bicyclic) bond motifs is 2. The first-order chi connectivity index (χ1) is 15.3. The molecule has 1 aromatic carbocycles. The normalized spacial score (nSPS) is 14.3. The molecule has 1 aliphatic rings. The highest BCUT2D eigenvalue weighted by Gasteiger charge is 2.18. The molecule has 0 saturated carbocycles. The van der Waals surface area contributed by atoms with Crippen LogP contribution in [0.4, 0.5) is 4.39 Å². The van der Waals surface area contributed by atoms with Crippen LogP contribution in [-0.2, 0) is 0 Å². The van der Waals surface area contributed by atoms with Crippen LogP contribution in [0.25, 0.3) is 50.4 Å². The standard InChI is InChI=1S/C23H18FN7/c24-15-3-1-13(2-4-15)16-9-12-26-22-19(16)28-23(29-22)21-20-18(30-31-21)6-5-17(27-20)14-7-10-25-11-8-14/h1-7,9,12,25H,8,10-11H2,(H,30,31)(H,26,28,29). The first kappa shape index (κ1) is 17.9. The van der Waals surface area contributed by atoms with E-state index in [4.69, 9.17) is 9.97 Å². The Morgan fingerprint density at radius 1 is 0.935 bits per heavy atom. The number of halogens is 1. The molecule has 8 heteroatoms. The molecule has 0 amide bonds. The van der Waals surface area contributed by atoms with Gasteiger partial charge < -0.3 is 10.3 Å². The van der Waals surface area contributed by atoms with Gasteiger partial charge in [-0.3, -0.25) is 5.10 Å². The second kappa shape index (κ2) is 7.10. The minimum atomic E-state index is -0.273. The van der Waals surface area contributed by atoms with Crippen LogP contribution in [0.3, 0.4) is 0 Å². The summed E-state index contributed by atoms with van der Waals surface area (Å²) in [6, 6.07) is 12.3. The van der Waals surface area contributed by atoms with Crippen molar-refractivity contribution in [1.29, 1.82) is 0 Å². The van der Waals surface area contributed by atoms with Crippen molar-refractivity contribution in [1.82, 2.24) is 35.5 Å². The molecule has 6 rings (SSSR count). The minimum Gasteiger partial charge on any atom is -0.321 e. The molecule has 0 saturated heterocycles. The van der Waals surface area contributed by atoms with Crippen molar-refractivity contribution < 1.29 is 4.39 Å². The lowest BCUT2D eigenvalue weighted by atomic mass is 10.1. The predicted octanol–water partition coefficient (Wildman–Crippen LogP) is 4.08. The summed E-state index contributed by atoms with van der Waals surface area (Å²) in [5.74, 6) is 0.317. The fourth-order valence-corrected chi connectivity index (χ4v) is 3.98. The number of hydrogen-bond acceptors (Lipinski definition) is 5. The van der Waals surface area contributed by atoms with E-state index >= 15 is 0 Å². The highest BCUT2D eigenvalue weighted by molar-refractivity contribution is 5.94. The van der Waals surface area contributed by atoms with Crippen molar-refractivity contribution in [2.75, 3.05) is 13.1 Å². The van der Waals surface area contributed by atoms with Crippen LogP contribution in [0, 0.1) is 5.82 Å². The summed E-state index contributed by atoms with van der Waals surface area (Å²) in [5, 5.41) is 10.8. The van der Waals surface area contributed by atoms with Gasteiger partial charge in [-0.25, -0.2) is 19.3 Å². The van der Waals surface area contributed by atoms with E-state index in [1.54, 1.807) is 18.3 Å². The number of aromatic amines is 2. The largest absolute Gasteiger partial charge is 0.321 e. The third kappa shape index (κ3) is 3.08. The molecule has 31 heavy (non-hydrogen) atoms. The van der Waals surface area contributed by atoms with Crippen LogP contribution in [0.5, 0.6) is 0 Å². The topological polar surface area (TPSA) is 95.2 Å². The molecule has 5 heterocycles. The van der Waals surface area contributed by atoms with Gasteiger partial charge in [-0.2, -0.15) is 5.10 Å². The molecule has 4 aromatic heterocycles. The molecule has 3 N–H and O–H groups in total. The third-order valence-corrected chi connectivity index (χ3v) is 5.56. The number of hydrogen-bond donors (Lipinski definition) is 3. The Morgan fingerprint density at radius 2 is 1.84 bits per heavy atom. The van der Waals surface area contributed by atoms with Crippen LogP contribution in [-0.4, -0.2) is 43.2 Å². The fourth-order valence-electron chi connectivity index (χ4n) is 3.98. The number of H-pyrrole nitrogens is 2. The van der Waals surface area contributed by atoms with E-state index in [9.17, 15) is 4.39 Å². The Balaban J connectivity index is 1.48. The van der Waals surface area contributed by atoms with Gasteiger partial charge in [0.1, 0.15) is 16.9 Å². The molecule has 5 aromatic rings. The van der Waals surface area contributed by atoms with Gasteiger partial charge in [-0.1, -0.05) is 18.2 Å². The molecule has 0 bridgehead atoms. The van der Waals surface area contributed by atoms with E-state index < -0.39 is 0 Å². The van der Waals surface area contributed by atoms with Crippen LogP contribution in [0.15, 0.2) is 54.7 Å². The van der Waals surface area contributed by atoms with E-state index in [1.807, 2.05) is 18.2 Å². The van der Waals surface area contributed by atoms with Gasteiger partial charge in [0.05, 0.1) is 11.2 Å². The highest BCUT2D eigenvalue weighted by Crippen LogP contribution is 2.31. The summed E-state index contributed by atoms with van der Waals surface area (Å²) >= 11 is 0. The average molecular weight is 411 g/mol. The van der Waals surface area contributed by atoms with Crippen molar-refractivity contribution in [2.45, 2.75) is 6.42 Å². The molecule has 0 spiro atoms. The van der Waals surface area contributed by atoms with E-state index in [2.05, 4.69) is 31.6 Å². The molecular weight excluding hydrogens is 393 g/mol. The lowest BCUT2D eigenvalue weighted by Crippen LogP contribution is -2.20. The number of benzene rings is 1. The molecule has 0 aliphatic carbocycles. The summed E-state index contributed by atoms with van der Waals surface area (Å²) in [5.41, 5.74) is 7.55. The summed E-state index contributed by atoms with van der Waals surface area (Å²) in [6.45, 7) is 1.81. The first-order valence-electron chi connectivity index (χ1n) is 10.1. The molecule has 0 unspecified atom stereocenters. The van der Waals surface area contributed by atoms with Crippen molar-refractivity contribution in [3.05, 3.63) is 66.2 Å². The van der Waals surface area contributed by atoms with Crippen molar-refractivity contribution in [3.63, 3.8) is 0 Å². The minimum absolute atomic E-state index is 0.273. The number of rotatable bonds is 3. The number of pyridine rings is 2. The van der Waals surface area contributed by atoms with Gasteiger partial charge in [0.25, 0.3) is 0 Å². The monoisotopic (exact) mass is 411 g/mol. The van der Waals surface area contributed by atoms with Crippen LogP contribution < -0.4 is 5.32 Å². The van der Waals surface area contributed by atoms with E-state index in [0.29, 0.717) is 22.7 Å². The molecule has 0 atom stereocenters. The zero-order valence-electron chi connectivity index (χ0n) is 16.5. The molecule has 1 aliphatic heterocycles. The fraction of sp³-hybridized carbons (Fsp3) is 0.130. The first-order valence-corrected chi connectivity index (χ1v) is 10.1. The second-order valence-corrected chi connectivity index (χ2v) is 7.50. The van der Waals surface area contributed by atoms with Gasteiger partial charge in [0.2, 0.25) is 0 Å². The van der Waals surface area contributed by atoms with Gasteiger partial charge in [0.15, 0.2) is 17.2 Å². The van der Waals surface area contributed by atoms with Gasteiger partial charge in [-0.15, -0.1) is 0 Å².